The Morgan fingerprint density at radius 1 is 1.29 bits per heavy atom. The summed E-state index contributed by atoms with van der Waals surface area (Å²) in [6.07, 6.45) is 5.82. The number of hydrogen-bond acceptors (Lipinski definition) is 4. The molecule has 7 heteroatoms. The van der Waals surface area contributed by atoms with Crippen LogP contribution >= 0.6 is 0 Å². The average molecular weight is 313 g/mol. The summed E-state index contributed by atoms with van der Waals surface area (Å²) in [6, 6.07) is 0. The maximum atomic E-state index is 12.9. The number of sulfonamides is 1. The molecule has 2 N–H and O–H groups in total. The Morgan fingerprint density at radius 3 is 2.71 bits per heavy atom. The van der Waals surface area contributed by atoms with E-state index in [1.807, 2.05) is 0 Å². The van der Waals surface area contributed by atoms with Crippen LogP contribution < -0.4 is 0 Å². The number of aryl methyl sites for hydroxylation is 1. The van der Waals surface area contributed by atoms with E-state index < -0.39 is 10.0 Å². The second kappa shape index (κ2) is 5.70. The first-order chi connectivity index (χ1) is 10.0. The summed E-state index contributed by atoms with van der Waals surface area (Å²) in [5, 5.41) is 15.9. The molecule has 1 saturated carbocycles. The van der Waals surface area contributed by atoms with Gasteiger partial charge in [-0.25, -0.2) is 8.42 Å². The van der Waals surface area contributed by atoms with E-state index in [9.17, 15) is 13.5 Å². The zero-order valence-electron chi connectivity index (χ0n) is 12.4. The van der Waals surface area contributed by atoms with Gasteiger partial charge in [-0.15, -0.1) is 0 Å². The number of fused-ring (bicyclic) bond motifs is 1. The van der Waals surface area contributed by atoms with Crippen LogP contribution in [0.15, 0.2) is 4.90 Å². The molecule has 0 spiro atoms. The maximum Gasteiger partial charge on any atom is 0.246 e. The molecule has 1 aromatic heterocycles. The predicted octanol–water partition coefficient (Wildman–Crippen LogP) is 1.41. The maximum absolute atomic E-state index is 12.9. The summed E-state index contributed by atoms with van der Waals surface area (Å²) in [6.45, 7) is 2.52. The van der Waals surface area contributed by atoms with Crippen LogP contribution in [-0.2, 0) is 16.6 Å². The summed E-state index contributed by atoms with van der Waals surface area (Å²) in [5.74, 6) is 1.18. The van der Waals surface area contributed by atoms with Crippen molar-refractivity contribution in [3.8, 4) is 0 Å². The van der Waals surface area contributed by atoms with Crippen molar-refractivity contribution in [3.63, 3.8) is 0 Å². The Bertz CT molecular complexity index is 611. The quantitative estimate of drug-likeness (QED) is 0.883. The molecule has 3 rings (SSSR count). The Hall–Kier alpha value is -0.920. The largest absolute Gasteiger partial charge is 0.390 e. The minimum Gasteiger partial charge on any atom is -0.390 e. The van der Waals surface area contributed by atoms with E-state index in [2.05, 4.69) is 10.2 Å². The second-order valence-electron chi connectivity index (χ2n) is 6.24. The lowest BCUT2D eigenvalue weighted by atomic mass is 9.76. The van der Waals surface area contributed by atoms with Gasteiger partial charge in [0, 0.05) is 13.1 Å². The van der Waals surface area contributed by atoms with Gasteiger partial charge in [-0.05, 0) is 31.6 Å². The summed E-state index contributed by atoms with van der Waals surface area (Å²) in [5.41, 5.74) is 0.725. The highest BCUT2D eigenvalue weighted by Gasteiger charge is 2.38. The summed E-state index contributed by atoms with van der Waals surface area (Å²) < 4.78 is 27.4. The topological polar surface area (TPSA) is 86.3 Å². The minimum atomic E-state index is -3.56. The molecule has 21 heavy (non-hydrogen) atoms. The van der Waals surface area contributed by atoms with E-state index >= 15 is 0 Å². The third-order valence-electron chi connectivity index (χ3n) is 4.96. The number of nitrogens with one attached hydrogen (secondary N) is 1. The van der Waals surface area contributed by atoms with E-state index in [0.29, 0.717) is 30.6 Å². The van der Waals surface area contributed by atoms with Crippen molar-refractivity contribution < 1.29 is 13.5 Å². The van der Waals surface area contributed by atoms with Crippen molar-refractivity contribution >= 4 is 10.0 Å². The highest BCUT2D eigenvalue weighted by Crippen LogP contribution is 2.38. The van der Waals surface area contributed by atoms with Crippen LogP contribution in [0.5, 0.6) is 0 Å². The van der Waals surface area contributed by atoms with Gasteiger partial charge in [0.1, 0.15) is 10.6 Å². The number of aliphatic hydroxyl groups is 1. The SMILES string of the molecule is Cc1[nH]nc(CO)c1S(=O)(=O)N1CCC2CCCCC2C1. The molecule has 118 valence electrons. The molecule has 2 atom stereocenters. The number of rotatable bonds is 3. The summed E-state index contributed by atoms with van der Waals surface area (Å²) in [4.78, 5) is 0.166. The van der Waals surface area contributed by atoms with Gasteiger partial charge in [-0.3, -0.25) is 5.10 Å². The molecule has 1 aliphatic heterocycles. The van der Waals surface area contributed by atoms with Crippen LogP contribution in [0.2, 0.25) is 0 Å². The summed E-state index contributed by atoms with van der Waals surface area (Å²) >= 11 is 0. The number of aromatic nitrogens is 2. The molecular formula is C14H23N3O3S. The van der Waals surface area contributed by atoms with Gasteiger partial charge < -0.3 is 5.11 Å². The number of H-pyrrole nitrogens is 1. The van der Waals surface area contributed by atoms with E-state index in [0.717, 1.165) is 12.8 Å². The molecule has 0 bridgehead atoms. The fourth-order valence-electron chi connectivity index (χ4n) is 3.83. The number of aliphatic hydroxyl groups excluding tert-OH is 1. The molecule has 0 aromatic carbocycles. The predicted molar refractivity (Wildman–Crippen MR) is 78.1 cm³/mol. The lowest BCUT2D eigenvalue weighted by Gasteiger charge is -2.40. The molecule has 2 unspecified atom stereocenters. The standard InChI is InChI=1S/C14H23N3O3S/c1-10-14(13(9-18)16-15-10)21(19,20)17-7-6-11-4-2-3-5-12(11)8-17/h11-12,18H,2-9H2,1H3,(H,15,16). The van der Waals surface area contributed by atoms with Crippen LogP contribution in [0.4, 0.5) is 0 Å². The van der Waals surface area contributed by atoms with Crippen LogP contribution in [0.25, 0.3) is 0 Å². The summed E-state index contributed by atoms with van der Waals surface area (Å²) in [7, 11) is -3.56. The molecule has 2 fully saturated rings. The third-order valence-corrected chi connectivity index (χ3v) is 7.03. The second-order valence-corrected chi connectivity index (χ2v) is 8.11. The smallest absolute Gasteiger partial charge is 0.246 e. The lowest BCUT2D eigenvalue weighted by Crippen LogP contribution is -2.44. The number of hydrogen-bond donors (Lipinski definition) is 2. The first kappa shape index (κ1) is 15.0. The van der Waals surface area contributed by atoms with Crippen LogP contribution in [-0.4, -0.2) is 41.1 Å². The monoisotopic (exact) mass is 313 g/mol. The molecule has 0 amide bonds. The zero-order valence-corrected chi connectivity index (χ0v) is 13.2. The van der Waals surface area contributed by atoms with Gasteiger partial charge in [-0.2, -0.15) is 9.40 Å². The normalized spacial score (nSPS) is 27.5. The van der Waals surface area contributed by atoms with E-state index in [4.69, 9.17) is 0 Å². The van der Waals surface area contributed by atoms with E-state index in [1.165, 1.54) is 19.3 Å². The highest BCUT2D eigenvalue weighted by atomic mass is 32.2. The van der Waals surface area contributed by atoms with E-state index in [1.54, 1.807) is 11.2 Å². The first-order valence-electron chi connectivity index (χ1n) is 7.69. The highest BCUT2D eigenvalue weighted by molar-refractivity contribution is 7.89. The van der Waals surface area contributed by atoms with Crippen molar-refractivity contribution in [3.05, 3.63) is 11.4 Å². The van der Waals surface area contributed by atoms with Gasteiger partial charge in [0.2, 0.25) is 10.0 Å². The molecule has 2 aliphatic rings. The zero-order chi connectivity index (χ0) is 15.0. The molecular weight excluding hydrogens is 290 g/mol. The molecule has 6 nitrogen and oxygen atoms in total. The fraction of sp³-hybridized carbons (Fsp3) is 0.786. The lowest BCUT2D eigenvalue weighted by molar-refractivity contribution is 0.136. The molecule has 1 aliphatic carbocycles. The molecule has 1 aromatic rings. The van der Waals surface area contributed by atoms with Crippen molar-refractivity contribution in [2.24, 2.45) is 11.8 Å². The van der Waals surface area contributed by atoms with E-state index in [-0.39, 0.29) is 17.2 Å². The van der Waals surface area contributed by atoms with Crippen molar-refractivity contribution in [1.82, 2.24) is 14.5 Å². The van der Waals surface area contributed by atoms with Crippen LogP contribution in [0.3, 0.4) is 0 Å². The van der Waals surface area contributed by atoms with Gasteiger partial charge in [0.25, 0.3) is 0 Å². The van der Waals surface area contributed by atoms with Crippen LogP contribution in [0, 0.1) is 18.8 Å². The first-order valence-corrected chi connectivity index (χ1v) is 9.13. The van der Waals surface area contributed by atoms with Gasteiger partial charge in [0.15, 0.2) is 0 Å². The average Bonchev–Trinajstić information content (AvgIpc) is 2.88. The van der Waals surface area contributed by atoms with Gasteiger partial charge in [-0.1, -0.05) is 19.3 Å². The minimum absolute atomic E-state index is 0.166. The van der Waals surface area contributed by atoms with Gasteiger partial charge >= 0.3 is 0 Å². The Morgan fingerprint density at radius 2 is 2.00 bits per heavy atom. The Labute approximate surface area is 125 Å². The van der Waals surface area contributed by atoms with Crippen LogP contribution in [0.1, 0.15) is 43.5 Å². The Kier molecular flexibility index (Phi) is 4.07. The number of nitrogens with zero attached hydrogens (tertiary/aromatic N) is 2. The Balaban J connectivity index is 1.87. The van der Waals surface area contributed by atoms with Crippen molar-refractivity contribution in [1.29, 1.82) is 0 Å². The molecule has 1 saturated heterocycles. The number of aromatic amines is 1. The number of piperidine rings is 1. The van der Waals surface area contributed by atoms with Crippen molar-refractivity contribution in [2.75, 3.05) is 13.1 Å². The van der Waals surface area contributed by atoms with Gasteiger partial charge in [0.05, 0.1) is 12.3 Å². The fourth-order valence-corrected chi connectivity index (χ4v) is 5.67. The molecule has 2 heterocycles. The molecule has 0 radical (unpaired) electrons. The third kappa shape index (κ3) is 2.62. The van der Waals surface area contributed by atoms with Crippen molar-refractivity contribution in [2.45, 2.75) is 50.5 Å².